The van der Waals surface area contributed by atoms with Crippen LogP contribution in [0.1, 0.15) is 45.2 Å². The maximum absolute atomic E-state index is 12.9. The van der Waals surface area contributed by atoms with Gasteiger partial charge in [-0.25, -0.2) is 14.4 Å². The highest BCUT2D eigenvalue weighted by atomic mass is 16.5. The van der Waals surface area contributed by atoms with E-state index in [0.717, 1.165) is 16.5 Å². The van der Waals surface area contributed by atoms with Crippen LogP contribution < -0.4 is 27.4 Å². The third-order valence-electron chi connectivity index (χ3n) is 6.70. The number of ether oxygens (including phenoxy) is 2. The van der Waals surface area contributed by atoms with Crippen molar-refractivity contribution < 1.29 is 28.7 Å². The molecule has 14 nitrogen and oxygen atoms in total. The van der Waals surface area contributed by atoms with Gasteiger partial charge in [0.2, 0.25) is 5.95 Å². The number of H-pyrrole nitrogens is 1. The molecule has 8 N–H and O–H groups in total. The normalized spacial score (nSPS) is 11.4. The van der Waals surface area contributed by atoms with Gasteiger partial charge < -0.3 is 41.9 Å². The number of esters is 2. The number of carbonyl (C=O) groups is 4. The van der Waals surface area contributed by atoms with Gasteiger partial charge in [-0.1, -0.05) is 18.2 Å². The third-order valence-corrected chi connectivity index (χ3v) is 6.70. The lowest BCUT2D eigenvalue weighted by Crippen LogP contribution is -2.44. The molecule has 0 spiro atoms. The average Bonchev–Trinajstić information content (AvgIpc) is 3.42. The Morgan fingerprint density at radius 2 is 1.77 bits per heavy atom. The number of nitrogens with one attached hydrogen (secondary N) is 4. The van der Waals surface area contributed by atoms with E-state index in [0.29, 0.717) is 41.1 Å². The molecule has 0 bridgehead atoms. The van der Waals surface area contributed by atoms with Gasteiger partial charge in [-0.3, -0.25) is 4.79 Å². The van der Waals surface area contributed by atoms with Gasteiger partial charge in [0.05, 0.1) is 24.7 Å². The maximum Gasteiger partial charge on any atom is 0.338 e. The van der Waals surface area contributed by atoms with E-state index >= 15 is 0 Å². The number of methoxy groups -OCH3 is 1. The molecule has 14 heteroatoms. The number of aryl methyl sites for hydroxylation is 2. The van der Waals surface area contributed by atoms with Crippen molar-refractivity contribution in [3.8, 4) is 0 Å². The number of nitrogen functional groups attached to an aromatic ring is 2. The first-order chi connectivity index (χ1) is 21.2. The molecule has 1 atom stereocenters. The molecule has 3 amide bonds. The number of carbonyl (C=O) groups excluding carboxylic acids is 4. The third kappa shape index (κ3) is 8.00. The summed E-state index contributed by atoms with van der Waals surface area (Å²) in [5, 5.41) is 8.65. The molecule has 0 unspecified atom stereocenters. The van der Waals surface area contributed by atoms with Crippen molar-refractivity contribution in [2.45, 2.75) is 32.2 Å². The molecule has 0 aliphatic heterocycles. The molecule has 4 aromatic rings. The molecule has 0 fully saturated rings. The molecular weight excluding hydrogens is 568 g/mol. The molecule has 0 aliphatic carbocycles. The highest BCUT2D eigenvalue weighted by Crippen LogP contribution is 2.24. The smallest absolute Gasteiger partial charge is 0.338 e. The van der Waals surface area contributed by atoms with E-state index < -0.39 is 29.9 Å². The monoisotopic (exact) mass is 602 g/mol. The summed E-state index contributed by atoms with van der Waals surface area (Å²) in [5.41, 5.74) is 15.2. The number of nitrogens with zero attached hydrogens (tertiary/aromatic N) is 2. The fourth-order valence-electron chi connectivity index (χ4n) is 4.52. The standard InChI is InChI=1S/C30H34N8O6/c1-3-44-27(40)19-5-4-6-21(15-19)35-30(42)33-14-13-22(28(41)43-2)36-26(39)18-10-7-17(8-11-18)9-12-20-16-34-25-23(20)24(31)37-29(32)38-25/h4-8,10-11,15-16,22H,3,9,12-14H2,1-2H3,(H,36,39)(H2,33,35,42)(H5,31,32,34,37,38)/t22-/m0/s1. The van der Waals surface area contributed by atoms with E-state index in [1.54, 1.807) is 37.3 Å². The van der Waals surface area contributed by atoms with E-state index in [1.165, 1.54) is 13.2 Å². The van der Waals surface area contributed by atoms with Crippen LogP contribution in [0.25, 0.3) is 11.0 Å². The Labute approximate surface area is 252 Å². The van der Waals surface area contributed by atoms with E-state index in [-0.39, 0.29) is 25.5 Å². The highest BCUT2D eigenvalue weighted by Gasteiger charge is 2.22. The predicted molar refractivity (Wildman–Crippen MR) is 164 cm³/mol. The number of aromatic amines is 1. The number of hydrogen-bond acceptors (Lipinski definition) is 10. The minimum Gasteiger partial charge on any atom is -0.467 e. The zero-order valence-corrected chi connectivity index (χ0v) is 24.3. The zero-order valence-electron chi connectivity index (χ0n) is 24.3. The molecule has 2 aromatic heterocycles. The Morgan fingerprint density at radius 1 is 1.00 bits per heavy atom. The molecule has 44 heavy (non-hydrogen) atoms. The largest absolute Gasteiger partial charge is 0.467 e. The second-order valence-corrected chi connectivity index (χ2v) is 9.72. The van der Waals surface area contributed by atoms with Crippen molar-refractivity contribution in [3.05, 3.63) is 77.0 Å². The Morgan fingerprint density at radius 3 is 2.50 bits per heavy atom. The number of aromatic nitrogens is 3. The molecular formula is C30H34N8O6. The summed E-state index contributed by atoms with van der Waals surface area (Å²) >= 11 is 0. The lowest BCUT2D eigenvalue weighted by atomic mass is 10.0. The molecule has 0 saturated carbocycles. The molecule has 2 aromatic carbocycles. The van der Waals surface area contributed by atoms with Crippen molar-refractivity contribution in [2.75, 3.05) is 37.0 Å². The summed E-state index contributed by atoms with van der Waals surface area (Å²) in [7, 11) is 1.22. The van der Waals surface area contributed by atoms with Gasteiger partial charge >= 0.3 is 18.0 Å². The number of hydrogen-bond donors (Lipinski definition) is 6. The Kier molecular flexibility index (Phi) is 10.3. The van der Waals surface area contributed by atoms with Crippen molar-refractivity contribution >= 4 is 52.4 Å². The van der Waals surface area contributed by atoms with Crippen molar-refractivity contribution in [1.82, 2.24) is 25.6 Å². The number of rotatable bonds is 12. The lowest BCUT2D eigenvalue weighted by molar-refractivity contribution is -0.143. The van der Waals surface area contributed by atoms with Gasteiger partial charge in [0.1, 0.15) is 17.5 Å². The van der Waals surface area contributed by atoms with Crippen LogP contribution in [0.15, 0.2) is 54.7 Å². The number of amides is 3. The van der Waals surface area contributed by atoms with Crippen LogP contribution in [0.4, 0.5) is 22.2 Å². The van der Waals surface area contributed by atoms with Crippen molar-refractivity contribution in [3.63, 3.8) is 0 Å². The molecule has 0 saturated heterocycles. The minimum atomic E-state index is -0.997. The van der Waals surface area contributed by atoms with E-state index in [4.69, 9.17) is 20.9 Å². The average molecular weight is 603 g/mol. The fourth-order valence-corrected chi connectivity index (χ4v) is 4.52. The molecule has 0 radical (unpaired) electrons. The zero-order chi connectivity index (χ0) is 31.6. The van der Waals surface area contributed by atoms with Crippen molar-refractivity contribution in [1.29, 1.82) is 0 Å². The topological polar surface area (TPSA) is 216 Å². The Bertz CT molecular complexity index is 1650. The predicted octanol–water partition coefficient (Wildman–Crippen LogP) is 2.57. The van der Waals surface area contributed by atoms with E-state index in [9.17, 15) is 19.2 Å². The van der Waals surface area contributed by atoms with E-state index in [2.05, 4.69) is 30.9 Å². The molecule has 0 aliphatic rings. The van der Waals surface area contributed by atoms with Crippen LogP contribution in [0.3, 0.4) is 0 Å². The van der Waals surface area contributed by atoms with Crippen LogP contribution in [-0.4, -0.2) is 65.1 Å². The summed E-state index contributed by atoms with van der Waals surface area (Å²) in [6.45, 7) is 1.99. The van der Waals surface area contributed by atoms with Crippen LogP contribution in [0, 0.1) is 0 Å². The SMILES string of the molecule is CCOC(=O)c1cccc(NC(=O)NCC[C@H](NC(=O)c2ccc(CCc3c[nH]c4nc(N)nc(N)c34)cc2)C(=O)OC)c1. The second-order valence-electron chi connectivity index (χ2n) is 9.72. The summed E-state index contributed by atoms with van der Waals surface area (Å²) in [5.74, 6) is -1.20. The van der Waals surface area contributed by atoms with Crippen LogP contribution >= 0.6 is 0 Å². The quantitative estimate of drug-likeness (QED) is 0.130. The van der Waals surface area contributed by atoms with Gasteiger partial charge in [0.25, 0.3) is 5.91 Å². The Balaban J connectivity index is 1.28. The van der Waals surface area contributed by atoms with Gasteiger partial charge in [-0.15, -0.1) is 0 Å². The molecule has 2 heterocycles. The van der Waals surface area contributed by atoms with Gasteiger partial charge in [-0.05, 0) is 67.6 Å². The first kappa shape index (κ1) is 31.3. The number of anilines is 3. The van der Waals surface area contributed by atoms with Gasteiger partial charge in [-0.2, -0.15) is 9.97 Å². The van der Waals surface area contributed by atoms with Crippen molar-refractivity contribution in [2.24, 2.45) is 0 Å². The van der Waals surface area contributed by atoms with Gasteiger partial charge in [0.15, 0.2) is 0 Å². The number of nitrogens with two attached hydrogens (primary N) is 2. The summed E-state index contributed by atoms with van der Waals surface area (Å²) in [6.07, 6.45) is 3.23. The van der Waals surface area contributed by atoms with Gasteiger partial charge in [0, 0.05) is 24.0 Å². The maximum atomic E-state index is 12.9. The Hall–Kier alpha value is -5.66. The number of urea groups is 1. The minimum absolute atomic E-state index is 0.0539. The lowest BCUT2D eigenvalue weighted by Gasteiger charge is -2.17. The van der Waals surface area contributed by atoms with Crippen LogP contribution in [-0.2, 0) is 27.1 Å². The second kappa shape index (κ2) is 14.5. The molecule has 4 rings (SSSR count). The summed E-state index contributed by atoms with van der Waals surface area (Å²) in [6, 6.07) is 11.8. The first-order valence-electron chi connectivity index (χ1n) is 13.9. The fraction of sp³-hybridized carbons (Fsp3) is 0.267. The number of benzene rings is 2. The van der Waals surface area contributed by atoms with Crippen LogP contribution in [0.5, 0.6) is 0 Å². The van der Waals surface area contributed by atoms with E-state index in [1.807, 2.05) is 18.3 Å². The number of fused-ring (bicyclic) bond motifs is 1. The summed E-state index contributed by atoms with van der Waals surface area (Å²) < 4.78 is 9.80. The highest BCUT2D eigenvalue weighted by molar-refractivity contribution is 5.97. The van der Waals surface area contributed by atoms with Crippen LogP contribution in [0.2, 0.25) is 0 Å². The molecule has 230 valence electrons. The first-order valence-corrected chi connectivity index (χ1v) is 13.9. The summed E-state index contributed by atoms with van der Waals surface area (Å²) in [4.78, 5) is 60.8.